The van der Waals surface area contributed by atoms with Gasteiger partial charge in [0.1, 0.15) is 61.0 Å². The van der Waals surface area contributed by atoms with Crippen molar-refractivity contribution < 1.29 is 91.7 Å². The summed E-state index contributed by atoms with van der Waals surface area (Å²) in [4.78, 5) is 11.9. The minimum Gasteiger partial charge on any atom is -0.394 e. The molecule has 38 heavy (non-hydrogen) atoms. The van der Waals surface area contributed by atoms with Gasteiger partial charge in [0, 0.05) is 29.3 Å². The van der Waals surface area contributed by atoms with Crippen LogP contribution in [-0.4, -0.2) is 159 Å². The first-order valence-electron chi connectivity index (χ1n) is 11.7. The quantitative estimate of drug-likeness (QED) is 0.103. The molecule has 13 N–H and O–H groups in total. The van der Waals surface area contributed by atoms with E-state index in [0.29, 0.717) is 0 Å². The summed E-state index contributed by atoms with van der Waals surface area (Å²) in [5.41, 5.74) is 11.6. The molecule has 0 aromatic carbocycles. The van der Waals surface area contributed by atoms with Gasteiger partial charge in [-0.25, -0.2) is 0 Å². The standard InChI is InChI=1S/C20H37N3O14.Au/c1-5(27)23-11-15(31)17(36-19-10(22)13(29)12(28)6(2-24)34-19)8(4-26)35-20(11)37-16-7(3-25)33-18(32)9(21)14(16)30;/h6-20,24-26,28-32H,2-4,21-22H2,1H3,(H,23,27);. The van der Waals surface area contributed by atoms with Crippen LogP contribution in [0.4, 0.5) is 0 Å². The second-order valence-corrected chi connectivity index (χ2v) is 9.24. The van der Waals surface area contributed by atoms with E-state index >= 15 is 0 Å². The monoisotopic (exact) mass is 740 g/mol. The molecule has 3 aliphatic rings. The molecule has 0 aromatic rings. The van der Waals surface area contributed by atoms with E-state index < -0.39 is 118 Å². The van der Waals surface area contributed by atoms with E-state index in [1.165, 1.54) is 0 Å². The molecular weight excluding hydrogens is 703 g/mol. The Bertz CT molecular complexity index is 756. The van der Waals surface area contributed by atoms with Crippen LogP contribution in [0.5, 0.6) is 0 Å². The summed E-state index contributed by atoms with van der Waals surface area (Å²) in [6.07, 6.45) is -17.6. The predicted octanol–water partition coefficient (Wildman–Crippen LogP) is -7.50. The molecule has 15 unspecified atom stereocenters. The Kier molecular flexibility index (Phi) is 12.9. The van der Waals surface area contributed by atoms with Crippen molar-refractivity contribution in [3.8, 4) is 0 Å². The van der Waals surface area contributed by atoms with Gasteiger partial charge in [-0.1, -0.05) is 0 Å². The third-order valence-corrected chi connectivity index (χ3v) is 6.65. The number of carbonyl (C=O) groups is 1. The number of aliphatic hydroxyl groups is 8. The van der Waals surface area contributed by atoms with E-state index in [9.17, 15) is 45.6 Å². The van der Waals surface area contributed by atoms with Crippen LogP contribution in [0.15, 0.2) is 0 Å². The number of hydrogen-bond donors (Lipinski definition) is 11. The van der Waals surface area contributed by atoms with Crippen LogP contribution in [0.3, 0.4) is 0 Å². The largest absolute Gasteiger partial charge is 0.394 e. The van der Waals surface area contributed by atoms with E-state index in [1.54, 1.807) is 0 Å². The van der Waals surface area contributed by atoms with Crippen molar-refractivity contribution in [1.82, 2.24) is 5.32 Å². The van der Waals surface area contributed by atoms with E-state index in [0.717, 1.165) is 6.92 Å². The molecule has 3 fully saturated rings. The molecule has 0 aliphatic carbocycles. The van der Waals surface area contributed by atoms with Crippen LogP contribution >= 0.6 is 0 Å². The summed E-state index contributed by atoms with van der Waals surface area (Å²) in [6.45, 7) is -0.992. The van der Waals surface area contributed by atoms with Crippen LogP contribution < -0.4 is 16.8 Å². The summed E-state index contributed by atoms with van der Waals surface area (Å²) in [6, 6.07) is -4.04. The van der Waals surface area contributed by atoms with Gasteiger partial charge in [-0.05, 0) is 0 Å². The van der Waals surface area contributed by atoms with Crippen LogP contribution in [0, 0.1) is 0 Å². The number of aliphatic hydroxyl groups excluding tert-OH is 8. The van der Waals surface area contributed by atoms with Crippen molar-refractivity contribution in [2.45, 2.75) is 98.9 Å². The minimum absolute atomic E-state index is 0. The third kappa shape index (κ3) is 7.08. The number of rotatable bonds is 8. The Morgan fingerprint density at radius 3 is 1.79 bits per heavy atom. The molecule has 3 saturated heterocycles. The van der Waals surface area contributed by atoms with Crippen molar-refractivity contribution in [2.75, 3.05) is 19.8 Å². The summed E-state index contributed by atoms with van der Waals surface area (Å²) < 4.78 is 27.8. The van der Waals surface area contributed by atoms with Crippen LogP contribution in [0.1, 0.15) is 6.92 Å². The fourth-order valence-electron chi connectivity index (χ4n) is 4.55. The molecule has 227 valence electrons. The Balaban J connectivity index is 0.00000507. The van der Waals surface area contributed by atoms with Crippen LogP contribution in [-0.2, 0) is 50.9 Å². The van der Waals surface area contributed by atoms with Crippen LogP contribution in [0.25, 0.3) is 0 Å². The minimum atomic E-state index is -1.67. The number of nitrogens with one attached hydrogen (secondary N) is 1. The summed E-state index contributed by atoms with van der Waals surface area (Å²) in [5.74, 6) is -0.627. The van der Waals surface area contributed by atoms with E-state index in [1.807, 2.05) is 0 Å². The first-order valence-corrected chi connectivity index (χ1v) is 11.7. The average Bonchev–Trinajstić information content (AvgIpc) is 2.87. The SMILES string of the molecule is CC(=O)NC1C(OC2C(CO)OC(O)C(N)C2O)OC(CO)C(OC2OC(CO)C(O)C(O)C2N)C1O.[Au]. The Morgan fingerprint density at radius 1 is 0.737 bits per heavy atom. The maximum absolute atomic E-state index is 11.9. The first-order chi connectivity index (χ1) is 17.4. The number of carbonyl (C=O) groups excluding carboxylic acids is 1. The van der Waals surface area contributed by atoms with Gasteiger partial charge in [0.2, 0.25) is 5.91 Å². The van der Waals surface area contributed by atoms with Crippen molar-refractivity contribution in [3.63, 3.8) is 0 Å². The molecule has 1 radical (unpaired) electrons. The van der Waals surface area contributed by atoms with Gasteiger partial charge < -0.3 is 81.3 Å². The molecule has 0 saturated carbocycles. The number of hydrogen-bond acceptors (Lipinski definition) is 16. The molecule has 3 rings (SSSR count). The first kappa shape index (κ1) is 33.8. The zero-order chi connectivity index (χ0) is 27.6. The number of nitrogens with two attached hydrogens (primary N) is 2. The fraction of sp³-hybridized carbons (Fsp3) is 0.950. The van der Waals surface area contributed by atoms with Gasteiger partial charge >= 0.3 is 0 Å². The van der Waals surface area contributed by atoms with E-state index in [4.69, 9.17) is 35.2 Å². The maximum atomic E-state index is 11.9. The van der Waals surface area contributed by atoms with E-state index in [-0.39, 0.29) is 22.4 Å². The summed E-state index contributed by atoms with van der Waals surface area (Å²) in [5, 5.41) is 83.1. The average molecular weight is 740 g/mol. The Hall–Kier alpha value is -0.390. The molecule has 0 aromatic heterocycles. The van der Waals surface area contributed by atoms with Gasteiger partial charge in [-0.15, -0.1) is 0 Å². The Labute approximate surface area is 233 Å². The molecule has 3 aliphatic heterocycles. The van der Waals surface area contributed by atoms with Gasteiger partial charge in [-0.2, -0.15) is 0 Å². The molecule has 1 amide bonds. The molecule has 18 heteroatoms. The number of amides is 1. The van der Waals surface area contributed by atoms with Gasteiger partial charge in [0.15, 0.2) is 18.9 Å². The molecular formula is C20H37AuN3O14. The molecule has 15 atom stereocenters. The normalized spacial score (nSPS) is 47.7. The van der Waals surface area contributed by atoms with Crippen molar-refractivity contribution in [2.24, 2.45) is 11.5 Å². The zero-order valence-electron chi connectivity index (χ0n) is 20.3. The van der Waals surface area contributed by atoms with Crippen molar-refractivity contribution in [1.29, 1.82) is 0 Å². The zero-order valence-corrected chi connectivity index (χ0v) is 22.4. The summed E-state index contributed by atoms with van der Waals surface area (Å²) >= 11 is 0. The second kappa shape index (κ2) is 14.5. The Morgan fingerprint density at radius 2 is 1.24 bits per heavy atom. The molecule has 17 nitrogen and oxygen atoms in total. The fourth-order valence-corrected chi connectivity index (χ4v) is 4.55. The molecule has 0 bridgehead atoms. The van der Waals surface area contributed by atoms with Gasteiger partial charge in [0.25, 0.3) is 0 Å². The van der Waals surface area contributed by atoms with Crippen molar-refractivity contribution in [3.05, 3.63) is 0 Å². The predicted molar refractivity (Wildman–Crippen MR) is 117 cm³/mol. The smallest absolute Gasteiger partial charge is 0.217 e. The molecule has 0 spiro atoms. The van der Waals surface area contributed by atoms with Crippen molar-refractivity contribution >= 4 is 5.91 Å². The van der Waals surface area contributed by atoms with Gasteiger partial charge in [-0.3, -0.25) is 4.79 Å². The summed E-state index contributed by atoms with van der Waals surface area (Å²) in [7, 11) is 0. The molecule has 3 heterocycles. The second-order valence-electron chi connectivity index (χ2n) is 9.24. The topological polar surface area (TPSA) is 289 Å². The third-order valence-electron chi connectivity index (χ3n) is 6.65. The maximum Gasteiger partial charge on any atom is 0.217 e. The van der Waals surface area contributed by atoms with Crippen LogP contribution in [0.2, 0.25) is 0 Å². The number of ether oxygens (including phenoxy) is 5. The van der Waals surface area contributed by atoms with E-state index in [2.05, 4.69) is 5.32 Å². The van der Waals surface area contributed by atoms with Gasteiger partial charge in [0.05, 0.1) is 31.9 Å².